The number of pyridine rings is 1. The summed E-state index contributed by atoms with van der Waals surface area (Å²) in [4.78, 5) is 17.3. The number of imidazole rings is 1. The van der Waals surface area contributed by atoms with Crippen LogP contribution in [-0.2, 0) is 4.79 Å². The topological polar surface area (TPSA) is 46.4 Å². The van der Waals surface area contributed by atoms with E-state index in [0.717, 1.165) is 22.5 Å². The molecule has 0 unspecified atom stereocenters. The van der Waals surface area contributed by atoms with Crippen LogP contribution >= 0.6 is 0 Å². The number of benzene rings is 1. The minimum absolute atomic E-state index is 0.0348. The number of aryl methyl sites for hydroxylation is 1. The van der Waals surface area contributed by atoms with Gasteiger partial charge in [0.05, 0.1) is 5.69 Å². The lowest BCUT2D eigenvalue weighted by molar-refractivity contribution is -0.122. The number of carbonyl (C=O) groups is 1. The molecule has 3 aromatic rings. The van der Waals surface area contributed by atoms with Gasteiger partial charge in [0.2, 0.25) is 5.91 Å². The van der Waals surface area contributed by atoms with Gasteiger partial charge in [-0.3, -0.25) is 4.79 Å². The van der Waals surface area contributed by atoms with Gasteiger partial charge >= 0.3 is 0 Å². The molecule has 1 N–H and O–H groups in total. The number of hydrogen-bond acceptors (Lipinski definition) is 2. The minimum Gasteiger partial charge on any atom is -0.353 e. The lowest BCUT2D eigenvalue weighted by Crippen LogP contribution is -2.36. The Bertz CT molecular complexity index is 883. The Hall–Kier alpha value is -2.62. The first kappa shape index (κ1) is 18.2. The maximum absolute atomic E-state index is 12.7. The number of carbonyl (C=O) groups excluding carboxylic acids is 1. The number of hydrogen-bond donors (Lipinski definition) is 1. The molecule has 0 saturated heterocycles. The lowest BCUT2D eigenvalue weighted by atomic mass is 9.92. The predicted octanol–water partition coefficient (Wildman–Crippen LogP) is 4.33. The number of rotatable bonds is 6. The molecule has 4 heteroatoms. The average Bonchev–Trinajstić information content (AvgIpc) is 3.05. The van der Waals surface area contributed by atoms with E-state index in [-0.39, 0.29) is 17.9 Å². The molecule has 0 spiro atoms. The summed E-state index contributed by atoms with van der Waals surface area (Å²) in [6.45, 7) is 8.35. The highest BCUT2D eigenvalue weighted by molar-refractivity contribution is 5.77. The zero-order chi connectivity index (χ0) is 18.7. The second-order valence-corrected chi connectivity index (χ2v) is 7.34. The van der Waals surface area contributed by atoms with E-state index in [0.29, 0.717) is 12.3 Å². The SMILES string of the molecule is Cc1cccn2c([C@@H](CC(=O)N[C@@H](C)C(C)C)c3ccccc3)cnc12. The van der Waals surface area contributed by atoms with E-state index in [1.807, 2.05) is 36.7 Å². The summed E-state index contributed by atoms with van der Waals surface area (Å²) in [5, 5.41) is 3.13. The molecule has 2 atom stereocenters. The van der Waals surface area contributed by atoms with Crippen LogP contribution in [0.3, 0.4) is 0 Å². The Morgan fingerprint density at radius 3 is 2.54 bits per heavy atom. The van der Waals surface area contributed by atoms with Crippen molar-refractivity contribution >= 4 is 11.6 Å². The van der Waals surface area contributed by atoms with E-state index in [1.54, 1.807) is 0 Å². The minimum atomic E-state index is -0.0348. The van der Waals surface area contributed by atoms with Crippen molar-refractivity contribution in [3.05, 3.63) is 71.7 Å². The normalized spacial score (nSPS) is 13.7. The summed E-state index contributed by atoms with van der Waals surface area (Å²) in [6, 6.07) is 14.4. The van der Waals surface area contributed by atoms with Gasteiger partial charge in [0.15, 0.2) is 0 Å². The first-order valence-corrected chi connectivity index (χ1v) is 9.24. The molecule has 2 aromatic heterocycles. The molecule has 26 heavy (non-hydrogen) atoms. The Morgan fingerprint density at radius 1 is 1.12 bits per heavy atom. The first-order valence-electron chi connectivity index (χ1n) is 9.24. The number of nitrogens with zero attached hydrogens (tertiary/aromatic N) is 2. The molecule has 136 valence electrons. The van der Waals surface area contributed by atoms with Crippen LogP contribution < -0.4 is 5.32 Å². The van der Waals surface area contributed by atoms with Gasteiger partial charge in [0, 0.05) is 30.8 Å². The van der Waals surface area contributed by atoms with Crippen LogP contribution in [0, 0.1) is 12.8 Å². The molecule has 0 saturated carbocycles. The molecule has 4 nitrogen and oxygen atoms in total. The van der Waals surface area contributed by atoms with Crippen molar-refractivity contribution in [2.75, 3.05) is 0 Å². The Labute approximate surface area is 155 Å². The van der Waals surface area contributed by atoms with Gasteiger partial charge in [-0.05, 0) is 37.0 Å². The zero-order valence-corrected chi connectivity index (χ0v) is 15.9. The van der Waals surface area contributed by atoms with E-state index in [9.17, 15) is 4.79 Å². The monoisotopic (exact) mass is 349 g/mol. The van der Waals surface area contributed by atoms with Crippen LogP contribution in [0.2, 0.25) is 0 Å². The molecule has 0 aliphatic rings. The molecule has 0 radical (unpaired) electrons. The highest BCUT2D eigenvalue weighted by atomic mass is 16.1. The van der Waals surface area contributed by atoms with Crippen LogP contribution in [-0.4, -0.2) is 21.3 Å². The Morgan fingerprint density at radius 2 is 1.85 bits per heavy atom. The summed E-state index contributed by atoms with van der Waals surface area (Å²) in [7, 11) is 0. The molecule has 0 aliphatic carbocycles. The van der Waals surface area contributed by atoms with E-state index in [1.165, 1.54) is 0 Å². The van der Waals surface area contributed by atoms with Crippen molar-refractivity contribution in [3.63, 3.8) is 0 Å². The van der Waals surface area contributed by atoms with Crippen molar-refractivity contribution in [1.29, 1.82) is 0 Å². The lowest BCUT2D eigenvalue weighted by Gasteiger charge is -2.21. The number of fused-ring (bicyclic) bond motifs is 1. The summed E-state index contributed by atoms with van der Waals surface area (Å²) < 4.78 is 2.10. The quantitative estimate of drug-likeness (QED) is 0.720. The van der Waals surface area contributed by atoms with Crippen LogP contribution in [0.1, 0.15) is 49.9 Å². The van der Waals surface area contributed by atoms with Crippen LogP contribution in [0.5, 0.6) is 0 Å². The summed E-state index contributed by atoms with van der Waals surface area (Å²) in [5.74, 6) is 0.447. The Balaban J connectivity index is 1.96. The molecule has 0 bridgehead atoms. The first-order chi connectivity index (χ1) is 12.5. The van der Waals surface area contributed by atoms with Crippen molar-refractivity contribution in [1.82, 2.24) is 14.7 Å². The Kier molecular flexibility index (Phi) is 5.40. The van der Waals surface area contributed by atoms with Crippen molar-refractivity contribution in [2.45, 2.75) is 46.1 Å². The fourth-order valence-electron chi connectivity index (χ4n) is 3.17. The van der Waals surface area contributed by atoms with Gasteiger partial charge in [-0.1, -0.05) is 50.2 Å². The largest absolute Gasteiger partial charge is 0.353 e. The highest BCUT2D eigenvalue weighted by Gasteiger charge is 2.23. The number of nitrogens with one attached hydrogen (secondary N) is 1. The third-order valence-electron chi connectivity index (χ3n) is 5.10. The van der Waals surface area contributed by atoms with Gasteiger partial charge in [-0.15, -0.1) is 0 Å². The van der Waals surface area contributed by atoms with Crippen LogP contribution in [0.25, 0.3) is 5.65 Å². The fraction of sp³-hybridized carbons (Fsp3) is 0.364. The van der Waals surface area contributed by atoms with E-state index in [2.05, 4.69) is 60.6 Å². The fourth-order valence-corrected chi connectivity index (χ4v) is 3.17. The van der Waals surface area contributed by atoms with Crippen molar-refractivity contribution < 1.29 is 4.79 Å². The highest BCUT2D eigenvalue weighted by Crippen LogP contribution is 2.29. The average molecular weight is 349 g/mol. The third-order valence-corrected chi connectivity index (χ3v) is 5.10. The van der Waals surface area contributed by atoms with Gasteiger partial charge in [0.1, 0.15) is 5.65 Å². The molecule has 0 fully saturated rings. The van der Waals surface area contributed by atoms with Gasteiger partial charge < -0.3 is 9.72 Å². The molecular weight excluding hydrogens is 322 g/mol. The number of amides is 1. The molecular formula is C22H27N3O. The smallest absolute Gasteiger partial charge is 0.221 e. The van der Waals surface area contributed by atoms with Crippen LogP contribution in [0.15, 0.2) is 54.9 Å². The molecule has 1 amide bonds. The second kappa shape index (κ2) is 7.73. The second-order valence-electron chi connectivity index (χ2n) is 7.34. The van der Waals surface area contributed by atoms with E-state index < -0.39 is 0 Å². The molecule has 1 aromatic carbocycles. The maximum atomic E-state index is 12.7. The van der Waals surface area contributed by atoms with Gasteiger partial charge in [0.25, 0.3) is 0 Å². The molecule has 0 aliphatic heterocycles. The summed E-state index contributed by atoms with van der Waals surface area (Å²) in [5.41, 5.74) is 4.24. The van der Waals surface area contributed by atoms with Crippen molar-refractivity contribution in [2.24, 2.45) is 5.92 Å². The maximum Gasteiger partial charge on any atom is 0.221 e. The van der Waals surface area contributed by atoms with E-state index in [4.69, 9.17) is 0 Å². The van der Waals surface area contributed by atoms with Crippen LogP contribution in [0.4, 0.5) is 0 Å². The number of aromatic nitrogens is 2. The predicted molar refractivity (Wildman–Crippen MR) is 105 cm³/mol. The van der Waals surface area contributed by atoms with Gasteiger partial charge in [-0.2, -0.15) is 0 Å². The van der Waals surface area contributed by atoms with E-state index >= 15 is 0 Å². The summed E-state index contributed by atoms with van der Waals surface area (Å²) in [6.07, 6.45) is 4.33. The standard InChI is InChI=1S/C22H27N3O/c1-15(2)17(4)24-21(26)13-19(18-10-6-5-7-11-18)20-14-23-22-16(3)9-8-12-25(20)22/h5-12,14-15,17,19H,13H2,1-4H3,(H,24,26)/t17-,19-/m0/s1. The van der Waals surface area contributed by atoms with Gasteiger partial charge in [-0.25, -0.2) is 4.98 Å². The molecule has 3 rings (SSSR count). The van der Waals surface area contributed by atoms with Crippen molar-refractivity contribution in [3.8, 4) is 0 Å². The third kappa shape index (κ3) is 3.79. The summed E-state index contributed by atoms with van der Waals surface area (Å²) >= 11 is 0. The molecule has 2 heterocycles. The zero-order valence-electron chi connectivity index (χ0n) is 15.9.